The summed E-state index contributed by atoms with van der Waals surface area (Å²) in [4.78, 5) is 15.6. The van der Waals surface area contributed by atoms with E-state index in [2.05, 4.69) is 4.98 Å². The number of nitrogens with zero attached hydrogens (tertiary/aromatic N) is 2. The molecule has 0 unspecified atom stereocenters. The van der Waals surface area contributed by atoms with E-state index in [1.165, 1.54) is 0 Å². The Morgan fingerprint density at radius 3 is 2.94 bits per heavy atom. The molecule has 2 rings (SSSR count). The molecule has 0 aliphatic rings. The molecule has 5 heteroatoms. The molecule has 1 heterocycles. The molecule has 2 N–H and O–H groups in total. The van der Waals surface area contributed by atoms with Crippen molar-refractivity contribution in [1.82, 2.24) is 9.55 Å². The highest BCUT2D eigenvalue weighted by Gasteiger charge is 2.12. The van der Waals surface area contributed by atoms with Crippen LogP contribution in [0.25, 0.3) is 5.69 Å². The van der Waals surface area contributed by atoms with Gasteiger partial charge in [0.2, 0.25) is 0 Å². The van der Waals surface area contributed by atoms with Crippen LogP contribution in [0.1, 0.15) is 23.1 Å². The normalized spacial score (nSPS) is 10.5. The topological polar surface area (TPSA) is 60.9 Å². The van der Waals surface area contributed by atoms with Gasteiger partial charge in [0, 0.05) is 23.8 Å². The van der Waals surface area contributed by atoms with E-state index in [1.54, 1.807) is 30.6 Å². The van der Waals surface area contributed by atoms with Crippen molar-refractivity contribution in [3.63, 3.8) is 0 Å². The second-order valence-corrected chi connectivity index (χ2v) is 4.03. The number of amides is 1. The quantitative estimate of drug-likeness (QED) is 0.906. The van der Waals surface area contributed by atoms with Crippen molar-refractivity contribution in [3.05, 3.63) is 47.0 Å². The van der Waals surface area contributed by atoms with E-state index in [0.29, 0.717) is 16.3 Å². The number of halogens is 1. The van der Waals surface area contributed by atoms with Crippen molar-refractivity contribution in [2.75, 3.05) is 0 Å². The molecule has 1 amide bonds. The van der Waals surface area contributed by atoms with Crippen LogP contribution in [-0.2, 0) is 6.42 Å². The van der Waals surface area contributed by atoms with Crippen molar-refractivity contribution in [3.8, 4) is 5.69 Å². The first kappa shape index (κ1) is 11.7. The third-order valence-corrected chi connectivity index (χ3v) is 2.75. The minimum Gasteiger partial charge on any atom is -0.366 e. The summed E-state index contributed by atoms with van der Waals surface area (Å²) in [5.41, 5.74) is 6.45. The third kappa shape index (κ3) is 2.17. The molecule has 0 spiro atoms. The molecule has 2 aromatic rings. The fourth-order valence-electron chi connectivity index (χ4n) is 1.73. The van der Waals surface area contributed by atoms with Crippen molar-refractivity contribution in [2.45, 2.75) is 13.3 Å². The Bertz CT molecular complexity index is 563. The first-order valence-corrected chi connectivity index (χ1v) is 5.63. The highest BCUT2D eigenvalue weighted by Crippen LogP contribution is 2.20. The maximum atomic E-state index is 11.4. The summed E-state index contributed by atoms with van der Waals surface area (Å²) >= 11 is 5.86. The van der Waals surface area contributed by atoms with Gasteiger partial charge in [0.15, 0.2) is 0 Å². The molecule has 88 valence electrons. The van der Waals surface area contributed by atoms with Gasteiger partial charge in [-0.3, -0.25) is 4.79 Å². The van der Waals surface area contributed by atoms with Gasteiger partial charge in [-0.2, -0.15) is 0 Å². The molecule has 0 aliphatic heterocycles. The second kappa shape index (κ2) is 4.59. The monoisotopic (exact) mass is 249 g/mol. The number of hydrogen-bond acceptors (Lipinski definition) is 2. The summed E-state index contributed by atoms with van der Waals surface area (Å²) in [5, 5.41) is 0.487. The van der Waals surface area contributed by atoms with Crippen LogP contribution >= 0.6 is 11.6 Å². The number of carbonyl (C=O) groups is 1. The lowest BCUT2D eigenvalue weighted by Gasteiger charge is -2.10. The van der Waals surface area contributed by atoms with Gasteiger partial charge in [-0.05, 0) is 18.2 Å². The number of aryl methyl sites for hydroxylation is 1. The van der Waals surface area contributed by atoms with Gasteiger partial charge in [0.25, 0.3) is 5.91 Å². The van der Waals surface area contributed by atoms with Gasteiger partial charge in [-0.25, -0.2) is 4.98 Å². The van der Waals surface area contributed by atoms with E-state index in [4.69, 9.17) is 17.3 Å². The maximum absolute atomic E-state index is 11.4. The molecule has 0 saturated carbocycles. The lowest BCUT2D eigenvalue weighted by molar-refractivity contribution is 0.100. The number of aromatic nitrogens is 2. The molecule has 17 heavy (non-hydrogen) atoms. The van der Waals surface area contributed by atoms with E-state index in [1.807, 2.05) is 11.5 Å². The Morgan fingerprint density at radius 2 is 2.29 bits per heavy atom. The molecular weight excluding hydrogens is 238 g/mol. The molecule has 0 saturated heterocycles. The van der Waals surface area contributed by atoms with E-state index in [9.17, 15) is 4.79 Å². The Morgan fingerprint density at radius 1 is 1.53 bits per heavy atom. The average molecular weight is 250 g/mol. The van der Waals surface area contributed by atoms with Crippen LogP contribution in [0.15, 0.2) is 30.6 Å². The summed E-state index contributed by atoms with van der Waals surface area (Å²) in [6.07, 6.45) is 4.26. The molecule has 0 bridgehead atoms. The van der Waals surface area contributed by atoms with Crippen molar-refractivity contribution in [1.29, 1.82) is 0 Å². The van der Waals surface area contributed by atoms with Crippen molar-refractivity contribution < 1.29 is 4.79 Å². The molecule has 4 nitrogen and oxygen atoms in total. The number of hydrogen-bond donors (Lipinski definition) is 1. The SMILES string of the molecule is CCc1nccn1-c1ccc(Cl)cc1C(N)=O. The summed E-state index contributed by atoms with van der Waals surface area (Å²) in [7, 11) is 0. The highest BCUT2D eigenvalue weighted by molar-refractivity contribution is 6.31. The van der Waals surface area contributed by atoms with E-state index >= 15 is 0 Å². The van der Waals surface area contributed by atoms with E-state index in [-0.39, 0.29) is 0 Å². The van der Waals surface area contributed by atoms with Crippen LogP contribution in [0.3, 0.4) is 0 Å². The predicted octanol–water partition coefficient (Wildman–Crippen LogP) is 2.19. The standard InChI is InChI=1S/C12H12ClN3O/c1-2-11-15-5-6-16(11)10-4-3-8(13)7-9(10)12(14)17/h3-7H,2H2,1H3,(H2,14,17). The number of benzene rings is 1. The van der Waals surface area contributed by atoms with Crippen molar-refractivity contribution in [2.24, 2.45) is 5.73 Å². The smallest absolute Gasteiger partial charge is 0.250 e. The van der Waals surface area contributed by atoms with Crippen LogP contribution in [0.4, 0.5) is 0 Å². The van der Waals surface area contributed by atoms with Crippen LogP contribution in [0, 0.1) is 0 Å². The minimum atomic E-state index is -0.502. The predicted molar refractivity (Wildman–Crippen MR) is 66.5 cm³/mol. The van der Waals surface area contributed by atoms with Gasteiger partial charge >= 0.3 is 0 Å². The number of primary amides is 1. The molecule has 0 aliphatic carbocycles. The maximum Gasteiger partial charge on any atom is 0.250 e. The first-order valence-electron chi connectivity index (χ1n) is 5.25. The zero-order valence-corrected chi connectivity index (χ0v) is 10.1. The summed E-state index contributed by atoms with van der Waals surface area (Å²) in [6.45, 7) is 2.00. The van der Waals surface area contributed by atoms with Gasteiger partial charge in [0.1, 0.15) is 5.82 Å². The summed E-state index contributed by atoms with van der Waals surface area (Å²) in [6, 6.07) is 5.06. The van der Waals surface area contributed by atoms with Crippen LogP contribution in [-0.4, -0.2) is 15.5 Å². The Balaban J connectivity index is 2.63. The number of nitrogens with two attached hydrogens (primary N) is 1. The average Bonchev–Trinajstić information content (AvgIpc) is 2.76. The molecule has 1 aromatic heterocycles. The largest absolute Gasteiger partial charge is 0.366 e. The van der Waals surface area contributed by atoms with Crippen LogP contribution in [0.5, 0.6) is 0 Å². The molecule has 0 radical (unpaired) electrons. The van der Waals surface area contributed by atoms with Crippen molar-refractivity contribution >= 4 is 17.5 Å². The Hall–Kier alpha value is -1.81. The molecule has 0 atom stereocenters. The van der Waals surface area contributed by atoms with E-state index in [0.717, 1.165) is 12.2 Å². The van der Waals surface area contributed by atoms with E-state index < -0.39 is 5.91 Å². The zero-order chi connectivity index (χ0) is 12.4. The molecular formula is C12H12ClN3O. The molecule has 0 fully saturated rings. The fraction of sp³-hybridized carbons (Fsp3) is 0.167. The Labute approximate surface area is 104 Å². The highest BCUT2D eigenvalue weighted by atomic mass is 35.5. The number of imidazole rings is 1. The van der Waals surface area contributed by atoms with Gasteiger partial charge in [-0.1, -0.05) is 18.5 Å². The minimum absolute atomic E-state index is 0.394. The van der Waals surface area contributed by atoms with Gasteiger partial charge in [-0.15, -0.1) is 0 Å². The Kier molecular flexibility index (Phi) is 3.15. The fourth-order valence-corrected chi connectivity index (χ4v) is 1.90. The summed E-state index contributed by atoms with van der Waals surface area (Å²) in [5.74, 6) is 0.369. The molecule has 1 aromatic carbocycles. The van der Waals surface area contributed by atoms with Gasteiger partial charge < -0.3 is 10.3 Å². The number of carbonyl (C=O) groups excluding carboxylic acids is 1. The second-order valence-electron chi connectivity index (χ2n) is 3.59. The number of rotatable bonds is 3. The lowest BCUT2D eigenvalue weighted by Crippen LogP contribution is -2.15. The third-order valence-electron chi connectivity index (χ3n) is 2.52. The zero-order valence-electron chi connectivity index (χ0n) is 9.35. The summed E-state index contributed by atoms with van der Waals surface area (Å²) < 4.78 is 1.84. The van der Waals surface area contributed by atoms with Crippen LogP contribution in [0.2, 0.25) is 5.02 Å². The lowest BCUT2D eigenvalue weighted by atomic mass is 10.1. The van der Waals surface area contributed by atoms with Gasteiger partial charge in [0.05, 0.1) is 11.3 Å². The van der Waals surface area contributed by atoms with Crippen LogP contribution < -0.4 is 5.73 Å². The first-order chi connectivity index (χ1) is 8.13.